The number of cyclic esters (lactones) is 1. The number of hydrogen-bond acceptors (Lipinski definition) is 3. The molecule has 2 bridgehead atoms. The van der Waals surface area contributed by atoms with Crippen molar-refractivity contribution in [3.8, 4) is 0 Å². The lowest BCUT2D eigenvalue weighted by Crippen LogP contribution is -2.35. The van der Waals surface area contributed by atoms with Crippen molar-refractivity contribution in [3.63, 3.8) is 0 Å². The van der Waals surface area contributed by atoms with Crippen LogP contribution < -0.4 is 0 Å². The van der Waals surface area contributed by atoms with Crippen LogP contribution in [0.4, 0.5) is 0 Å². The third kappa shape index (κ3) is 1.41. The molecule has 90 valence electrons. The molecule has 3 fully saturated rings. The first-order valence-corrected chi connectivity index (χ1v) is 6.53. The predicted octanol–water partition coefficient (Wildman–Crippen LogP) is 1.59. The lowest BCUT2D eigenvalue weighted by Gasteiger charge is -2.29. The highest BCUT2D eigenvalue weighted by atomic mass is 16.5. The van der Waals surface area contributed by atoms with Crippen LogP contribution in [0.5, 0.6) is 0 Å². The lowest BCUT2D eigenvalue weighted by atomic mass is 9.79. The van der Waals surface area contributed by atoms with Crippen molar-refractivity contribution < 1.29 is 14.6 Å². The molecular formula is C13H20O3. The zero-order chi connectivity index (χ0) is 11.3. The Morgan fingerprint density at radius 2 is 2.19 bits per heavy atom. The van der Waals surface area contributed by atoms with Crippen molar-refractivity contribution in [1.29, 1.82) is 0 Å². The molecule has 0 radical (unpaired) electrons. The Hall–Kier alpha value is -0.570. The van der Waals surface area contributed by atoms with Gasteiger partial charge < -0.3 is 9.84 Å². The van der Waals surface area contributed by atoms with Crippen LogP contribution in [0.3, 0.4) is 0 Å². The van der Waals surface area contributed by atoms with Gasteiger partial charge in [0, 0.05) is 0 Å². The van der Waals surface area contributed by atoms with Crippen molar-refractivity contribution >= 4 is 5.97 Å². The van der Waals surface area contributed by atoms with Crippen molar-refractivity contribution in [2.75, 3.05) is 6.61 Å². The number of esters is 1. The monoisotopic (exact) mass is 224 g/mol. The van der Waals surface area contributed by atoms with Crippen LogP contribution in [-0.4, -0.2) is 23.8 Å². The summed E-state index contributed by atoms with van der Waals surface area (Å²) in [7, 11) is 0. The topological polar surface area (TPSA) is 46.5 Å². The largest absolute Gasteiger partial charge is 0.465 e. The molecule has 2 aliphatic carbocycles. The van der Waals surface area contributed by atoms with Crippen LogP contribution in [0.2, 0.25) is 0 Å². The standard InChI is InChI=1S/C13H20O3/c1-7-8-2-3-9(7)11(6-8)12(14)10-4-5-16-13(10)15/h7-12,14H,2-6H2,1H3. The van der Waals surface area contributed by atoms with Crippen molar-refractivity contribution in [3.05, 3.63) is 0 Å². The number of aliphatic hydroxyl groups is 1. The molecule has 1 aliphatic heterocycles. The third-order valence-electron chi connectivity index (χ3n) is 5.24. The Kier molecular flexibility index (Phi) is 2.46. The molecule has 16 heavy (non-hydrogen) atoms. The van der Waals surface area contributed by atoms with Gasteiger partial charge in [-0.1, -0.05) is 6.92 Å². The smallest absolute Gasteiger partial charge is 0.311 e. The van der Waals surface area contributed by atoms with E-state index in [1.54, 1.807) is 0 Å². The average Bonchev–Trinajstić information content (AvgIpc) is 2.93. The number of ether oxygens (including phenoxy) is 1. The number of rotatable bonds is 2. The fraction of sp³-hybridized carbons (Fsp3) is 0.923. The summed E-state index contributed by atoms with van der Waals surface area (Å²) in [5.74, 6) is 2.12. The van der Waals surface area contributed by atoms with Crippen LogP contribution in [0.1, 0.15) is 32.6 Å². The van der Waals surface area contributed by atoms with E-state index >= 15 is 0 Å². The zero-order valence-electron chi connectivity index (χ0n) is 9.76. The molecule has 1 saturated heterocycles. The quantitative estimate of drug-likeness (QED) is 0.725. The number of carbonyl (C=O) groups excluding carboxylic acids is 1. The van der Waals surface area contributed by atoms with Gasteiger partial charge >= 0.3 is 5.97 Å². The highest BCUT2D eigenvalue weighted by molar-refractivity contribution is 5.74. The van der Waals surface area contributed by atoms with E-state index in [2.05, 4.69) is 6.92 Å². The molecule has 0 aromatic carbocycles. The Labute approximate surface area is 96.2 Å². The molecule has 6 atom stereocenters. The summed E-state index contributed by atoms with van der Waals surface area (Å²) in [6, 6.07) is 0. The number of carbonyl (C=O) groups is 1. The maximum Gasteiger partial charge on any atom is 0.311 e. The molecule has 1 N–H and O–H groups in total. The van der Waals surface area contributed by atoms with Crippen LogP contribution in [-0.2, 0) is 9.53 Å². The van der Waals surface area contributed by atoms with E-state index in [0.29, 0.717) is 24.9 Å². The fourth-order valence-electron chi connectivity index (χ4n) is 4.26. The molecule has 3 heteroatoms. The van der Waals surface area contributed by atoms with E-state index in [4.69, 9.17) is 4.74 Å². The molecule has 3 rings (SSSR count). The van der Waals surface area contributed by atoms with E-state index in [1.807, 2.05) is 0 Å². The van der Waals surface area contributed by atoms with Gasteiger partial charge in [-0.05, 0) is 49.4 Å². The predicted molar refractivity (Wildman–Crippen MR) is 58.6 cm³/mol. The first-order valence-electron chi connectivity index (χ1n) is 6.53. The van der Waals surface area contributed by atoms with E-state index in [0.717, 1.165) is 18.3 Å². The van der Waals surface area contributed by atoms with Crippen molar-refractivity contribution in [1.82, 2.24) is 0 Å². The molecule has 2 saturated carbocycles. The van der Waals surface area contributed by atoms with Crippen LogP contribution in [0.25, 0.3) is 0 Å². The second-order valence-electron chi connectivity index (χ2n) is 5.81. The van der Waals surface area contributed by atoms with Crippen LogP contribution >= 0.6 is 0 Å². The molecule has 3 nitrogen and oxygen atoms in total. The normalized spacial score (nSPS) is 48.4. The van der Waals surface area contributed by atoms with Gasteiger partial charge in [0.2, 0.25) is 0 Å². The van der Waals surface area contributed by atoms with Gasteiger partial charge in [0.05, 0.1) is 18.6 Å². The van der Waals surface area contributed by atoms with Gasteiger partial charge in [-0.3, -0.25) is 4.79 Å². The van der Waals surface area contributed by atoms with Gasteiger partial charge in [-0.2, -0.15) is 0 Å². The van der Waals surface area contributed by atoms with Crippen LogP contribution in [0.15, 0.2) is 0 Å². The first kappa shape index (κ1) is 10.6. The molecular weight excluding hydrogens is 204 g/mol. The van der Waals surface area contributed by atoms with Gasteiger partial charge in [-0.25, -0.2) is 0 Å². The fourth-order valence-corrected chi connectivity index (χ4v) is 4.26. The Balaban J connectivity index is 1.72. The molecule has 3 aliphatic rings. The summed E-state index contributed by atoms with van der Waals surface area (Å²) in [6.45, 7) is 2.80. The lowest BCUT2D eigenvalue weighted by molar-refractivity contribution is -0.145. The SMILES string of the molecule is CC1C2CCC1C(C(O)C1CCOC1=O)C2. The first-order chi connectivity index (χ1) is 7.68. The Morgan fingerprint density at radius 3 is 2.69 bits per heavy atom. The molecule has 0 aromatic heterocycles. The zero-order valence-corrected chi connectivity index (χ0v) is 9.76. The minimum absolute atomic E-state index is 0.178. The Morgan fingerprint density at radius 1 is 1.38 bits per heavy atom. The summed E-state index contributed by atoms with van der Waals surface area (Å²) in [6.07, 6.45) is 3.95. The average molecular weight is 224 g/mol. The molecule has 1 heterocycles. The highest BCUT2D eigenvalue weighted by Crippen LogP contribution is 2.54. The third-order valence-corrected chi connectivity index (χ3v) is 5.24. The van der Waals surface area contributed by atoms with Gasteiger partial charge in [-0.15, -0.1) is 0 Å². The number of fused-ring (bicyclic) bond motifs is 2. The maximum absolute atomic E-state index is 11.5. The summed E-state index contributed by atoms with van der Waals surface area (Å²) >= 11 is 0. The maximum atomic E-state index is 11.5. The molecule has 0 spiro atoms. The minimum atomic E-state index is -0.451. The van der Waals surface area contributed by atoms with Crippen LogP contribution in [0, 0.1) is 29.6 Å². The minimum Gasteiger partial charge on any atom is -0.465 e. The number of hydrogen-bond donors (Lipinski definition) is 1. The molecule has 6 unspecified atom stereocenters. The van der Waals surface area contributed by atoms with E-state index in [1.165, 1.54) is 12.8 Å². The summed E-state index contributed by atoms with van der Waals surface area (Å²) in [5.41, 5.74) is 0. The van der Waals surface area contributed by atoms with Crippen molar-refractivity contribution in [2.45, 2.75) is 38.7 Å². The second-order valence-corrected chi connectivity index (χ2v) is 5.81. The molecule has 0 aromatic rings. The van der Waals surface area contributed by atoms with Crippen molar-refractivity contribution in [2.24, 2.45) is 29.6 Å². The van der Waals surface area contributed by atoms with Gasteiger partial charge in [0.25, 0.3) is 0 Å². The number of aliphatic hydroxyl groups excluding tert-OH is 1. The Bertz CT molecular complexity index is 302. The summed E-state index contributed by atoms with van der Waals surface area (Å²) in [4.78, 5) is 11.5. The van der Waals surface area contributed by atoms with E-state index in [9.17, 15) is 9.90 Å². The molecule has 0 amide bonds. The second kappa shape index (κ2) is 3.73. The van der Waals surface area contributed by atoms with E-state index in [-0.39, 0.29) is 11.9 Å². The van der Waals surface area contributed by atoms with E-state index < -0.39 is 6.10 Å². The van der Waals surface area contributed by atoms with Gasteiger partial charge in [0.1, 0.15) is 0 Å². The highest BCUT2D eigenvalue weighted by Gasteiger charge is 2.51. The summed E-state index contributed by atoms with van der Waals surface area (Å²) in [5, 5.41) is 10.4. The van der Waals surface area contributed by atoms with Gasteiger partial charge in [0.15, 0.2) is 0 Å². The summed E-state index contributed by atoms with van der Waals surface area (Å²) < 4.78 is 4.95.